The zero-order valence-corrected chi connectivity index (χ0v) is 12.1. The predicted molar refractivity (Wildman–Crippen MR) is 77.3 cm³/mol. The van der Waals surface area contributed by atoms with Crippen LogP contribution in [0.5, 0.6) is 17.2 Å². The Morgan fingerprint density at radius 3 is 1.90 bits per heavy atom. The van der Waals surface area contributed by atoms with Gasteiger partial charge in [0.2, 0.25) is 0 Å². The molecule has 0 aliphatic heterocycles. The monoisotopic (exact) mass is 274 g/mol. The number of benzene rings is 2. The fraction of sp³-hybridized carbons (Fsp3) is 0.250. The van der Waals surface area contributed by atoms with Crippen LogP contribution in [-0.2, 0) is 0 Å². The molecule has 0 radical (unpaired) electrons. The number of rotatable bonds is 5. The summed E-state index contributed by atoms with van der Waals surface area (Å²) in [6.45, 7) is 0. The second-order valence-electron chi connectivity index (χ2n) is 4.44. The summed E-state index contributed by atoms with van der Waals surface area (Å²) in [5.74, 6) is 2.28. The minimum Gasteiger partial charge on any atom is -0.497 e. The van der Waals surface area contributed by atoms with Crippen LogP contribution in [0.3, 0.4) is 0 Å². The van der Waals surface area contributed by atoms with Gasteiger partial charge in [0, 0.05) is 11.1 Å². The van der Waals surface area contributed by atoms with E-state index in [1.165, 1.54) is 0 Å². The van der Waals surface area contributed by atoms with Crippen molar-refractivity contribution in [2.45, 2.75) is 6.04 Å². The standard InChI is InChI=1S/C16H19NO3/c1-18-13-7-4-11(5-8-13)16(17)12-6-9-14(19-2)15(10-12)20-3/h4-10,16H,17H2,1-3H3/p+1. The van der Waals surface area contributed by atoms with Gasteiger partial charge in [-0.25, -0.2) is 0 Å². The molecule has 0 fully saturated rings. The van der Waals surface area contributed by atoms with Gasteiger partial charge >= 0.3 is 0 Å². The lowest BCUT2D eigenvalue weighted by Crippen LogP contribution is -2.54. The lowest BCUT2D eigenvalue weighted by Gasteiger charge is -2.13. The predicted octanol–water partition coefficient (Wildman–Crippen LogP) is 2.04. The topological polar surface area (TPSA) is 55.3 Å². The molecular weight excluding hydrogens is 254 g/mol. The second kappa shape index (κ2) is 6.30. The van der Waals surface area contributed by atoms with Crippen molar-refractivity contribution < 1.29 is 19.9 Å². The minimum absolute atomic E-state index is 0.0284. The van der Waals surface area contributed by atoms with Crippen LogP contribution < -0.4 is 19.9 Å². The van der Waals surface area contributed by atoms with Crippen LogP contribution >= 0.6 is 0 Å². The van der Waals surface area contributed by atoms with E-state index in [4.69, 9.17) is 14.2 Å². The highest BCUT2D eigenvalue weighted by atomic mass is 16.5. The second-order valence-corrected chi connectivity index (χ2v) is 4.44. The Hall–Kier alpha value is -2.20. The number of quaternary nitrogens is 1. The van der Waals surface area contributed by atoms with E-state index in [-0.39, 0.29) is 6.04 Å². The minimum atomic E-state index is 0.0284. The van der Waals surface area contributed by atoms with Crippen LogP contribution in [0, 0.1) is 0 Å². The van der Waals surface area contributed by atoms with E-state index in [1.54, 1.807) is 21.3 Å². The molecule has 0 saturated heterocycles. The van der Waals surface area contributed by atoms with Crippen LogP contribution in [0.25, 0.3) is 0 Å². The molecule has 0 saturated carbocycles. The van der Waals surface area contributed by atoms with E-state index >= 15 is 0 Å². The molecule has 1 atom stereocenters. The van der Waals surface area contributed by atoms with Crippen LogP contribution in [0.15, 0.2) is 42.5 Å². The first-order valence-corrected chi connectivity index (χ1v) is 6.38. The molecule has 0 aliphatic carbocycles. The molecule has 0 spiro atoms. The molecule has 0 aliphatic rings. The van der Waals surface area contributed by atoms with Crippen molar-refractivity contribution in [1.82, 2.24) is 0 Å². The molecule has 2 aromatic carbocycles. The fourth-order valence-corrected chi connectivity index (χ4v) is 2.10. The van der Waals surface area contributed by atoms with E-state index in [9.17, 15) is 0 Å². The molecule has 4 nitrogen and oxygen atoms in total. The smallest absolute Gasteiger partial charge is 0.161 e. The Morgan fingerprint density at radius 1 is 0.750 bits per heavy atom. The molecule has 0 bridgehead atoms. The normalized spacial score (nSPS) is 11.8. The van der Waals surface area contributed by atoms with Gasteiger partial charge in [-0.3, -0.25) is 0 Å². The van der Waals surface area contributed by atoms with Crippen LogP contribution in [-0.4, -0.2) is 21.3 Å². The van der Waals surface area contributed by atoms with E-state index in [1.807, 2.05) is 42.5 Å². The maximum absolute atomic E-state index is 5.33. The quantitative estimate of drug-likeness (QED) is 0.907. The average Bonchev–Trinajstić information content (AvgIpc) is 2.53. The summed E-state index contributed by atoms with van der Waals surface area (Å²) in [6, 6.07) is 13.8. The van der Waals surface area contributed by atoms with Crippen LogP contribution in [0.1, 0.15) is 17.2 Å². The van der Waals surface area contributed by atoms with Gasteiger partial charge in [-0.05, 0) is 42.5 Å². The number of methoxy groups -OCH3 is 3. The summed E-state index contributed by atoms with van der Waals surface area (Å²) >= 11 is 0. The first-order chi connectivity index (χ1) is 9.69. The first-order valence-electron chi connectivity index (χ1n) is 6.38. The largest absolute Gasteiger partial charge is 0.497 e. The van der Waals surface area contributed by atoms with Crippen molar-refractivity contribution in [2.75, 3.05) is 21.3 Å². The van der Waals surface area contributed by atoms with Gasteiger partial charge in [-0.2, -0.15) is 0 Å². The van der Waals surface area contributed by atoms with Crippen molar-refractivity contribution in [3.63, 3.8) is 0 Å². The van der Waals surface area contributed by atoms with Crippen LogP contribution in [0.2, 0.25) is 0 Å². The molecule has 2 rings (SSSR count). The Bertz CT molecular complexity index is 566. The highest BCUT2D eigenvalue weighted by molar-refractivity contribution is 5.45. The van der Waals surface area contributed by atoms with E-state index in [0.29, 0.717) is 5.75 Å². The molecule has 0 amide bonds. The third-order valence-corrected chi connectivity index (χ3v) is 3.33. The zero-order chi connectivity index (χ0) is 14.5. The zero-order valence-electron chi connectivity index (χ0n) is 12.1. The Balaban J connectivity index is 2.29. The summed E-state index contributed by atoms with van der Waals surface area (Å²) in [6.07, 6.45) is 0. The van der Waals surface area contributed by atoms with Gasteiger partial charge in [0.1, 0.15) is 11.8 Å². The summed E-state index contributed by atoms with van der Waals surface area (Å²) < 4.78 is 15.7. The number of hydrogen-bond donors (Lipinski definition) is 1. The highest BCUT2D eigenvalue weighted by Gasteiger charge is 2.15. The maximum atomic E-state index is 5.33. The van der Waals surface area contributed by atoms with Crippen LogP contribution in [0.4, 0.5) is 0 Å². The van der Waals surface area contributed by atoms with Gasteiger partial charge in [0.15, 0.2) is 11.5 Å². The number of ether oxygens (including phenoxy) is 3. The van der Waals surface area contributed by atoms with Crippen molar-refractivity contribution in [2.24, 2.45) is 0 Å². The van der Waals surface area contributed by atoms with Gasteiger partial charge in [-0.15, -0.1) is 0 Å². The van der Waals surface area contributed by atoms with Gasteiger partial charge in [0.25, 0.3) is 0 Å². The Kier molecular flexibility index (Phi) is 4.48. The Labute approximate surface area is 119 Å². The summed E-state index contributed by atoms with van der Waals surface area (Å²) in [7, 11) is 4.92. The molecule has 3 N–H and O–H groups in total. The SMILES string of the molecule is COc1ccc(C([NH3+])c2ccc(OC)c(OC)c2)cc1. The number of hydrogen-bond acceptors (Lipinski definition) is 3. The summed E-state index contributed by atoms with van der Waals surface area (Å²) in [4.78, 5) is 0. The molecule has 1 unspecified atom stereocenters. The first kappa shape index (κ1) is 14.2. The summed E-state index contributed by atoms with van der Waals surface area (Å²) in [5.41, 5.74) is 6.43. The van der Waals surface area contributed by atoms with Crippen molar-refractivity contribution >= 4 is 0 Å². The van der Waals surface area contributed by atoms with Gasteiger partial charge < -0.3 is 19.9 Å². The third-order valence-electron chi connectivity index (χ3n) is 3.33. The maximum Gasteiger partial charge on any atom is 0.161 e. The lowest BCUT2D eigenvalue weighted by molar-refractivity contribution is -0.411. The average molecular weight is 274 g/mol. The molecule has 0 aromatic heterocycles. The molecule has 0 heterocycles. The van der Waals surface area contributed by atoms with E-state index in [2.05, 4.69) is 5.73 Å². The molecule has 4 heteroatoms. The Morgan fingerprint density at radius 2 is 1.35 bits per heavy atom. The lowest BCUT2D eigenvalue weighted by atomic mass is 9.99. The highest BCUT2D eigenvalue weighted by Crippen LogP contribution is 2.31. The van der Waals surface area contributed by atoms with Crippen molar-refractivity contribution in [1.29, 1.82) is 0 Å². The summed E-state index contributed by atoms with van der Waals surface area (Å²) in [5, 5.41) is 0. The van der Waals surface area contributed by atoms with Crippen molar-refractivity contribution in [3.8, 4) is 17.2 Å². The van der Waals surface area contributed by atoms with E-state index in [0.717, 1.165) is 22.6 Å². The van der Waals surface area contributed by atoms with Gasteiger partial charge in [-0.1, -0.05) is 0 Å². The third kappa shape index (κ3) is 2.86. The molecule has 20 heavy (non-hydrogen) atoms. The molecule has 2 aromatic rings. The van der Waals surface area contributed by atoms with Gasteiger partial charge in [0.05, 0.1) is 21.3 Å². The fourth-order valence-electron chi connectivity index (χ4n) is 2.10. The van der Waals surface area contributed by atoms with Crippen molar-refractivity contribution in [3.05, 3.63) is 53.6 Å². The molecule has 106 valence electrons. The molecular formula is C16H20NO3+. The van der Waals surface area contributed by atoms with E-state index < -0.39 is 0 Å².